The molecule has 38 heavy (non-hydrogen) atoms. The maximum absolute atomic E-state index is 11.5. The molecule has 1 aliphatic rings. The van der Waals surface area contributed by atoms with Crippen molar-refractivity contribution >= 4 is 11.9 Å². The number of ketones is 1. The third-order valence-corrected chi connectivity index (χ3v) is 9.19. The molecule has 1 nitrogen and oxygen atoms in total. The van der Waals surface area contributed by atoms with Crippen LogP contribution in [0.1, 0.15) is 106 Å². The smallest absolute Gasteiger partial charge is 0.134 e. The van der Waals surface area contributed by atoms with Crippen molar-refractivity contribution in [3.8, 4) is 11.1 Å². The molecule has 0 atom stereocenters. The van der Waals surface area contributed by atoms with Gasteiger partial charge in [-0.2, -0.15) is 0 Å². The van der Waals surface area contributed by atoms with E-state index in [1.165, 1.54) is 71.0 Å². The predicted molar refractivity (Wildman–Crippen MR) is 164 cm³/mol. The first-order valence-electron chi connectivity index (χ1n) is 14.7. The van der Waals surface area contributed by atoms with Crippen LogP contribution in [0.25, 0.3) is 17.2 Å². The van der Waals surface area contributed by atoms with Crippen LogP contribution in [0.5, 0.6) is 0 Å². The molecule has 3 aromatic carbocycles. The summed E-state index contributed by atoms with van der Waals surface area (Å²) in [5, 5.41) is 0. The van der Waals surface area contributed by atoms with Crippen LogP contribution in [0.15, 0.2) is 66.7 Å². The van der Waals surface area contributed by atoms with E-state index >= 15 is 0 Å². The van der Waals surface area contributed by atoms with Crippen molar-refractivity contribution in [3.05, 3.63) is 100 Å². The molecule has 1 aliphatic carbocycles. The summed E-state index contributed by atoms with van der Waals surface area (Å²) in [6.07, 6.45) is 14.2. The Hall–Kier alpha value is -2.93. The molecule has 0 unspecified atom stereocenters. The number of carbonyl (C=O) groups excluding carboxylic acids is 1. The largest absolute Gasteiger partial charge is 0.300 e. The molecule has 1 saturated carbocycles. The maximum atomic E-state index is 11.5. The van der Waals surface area contributed by atoms with Gasteiger partial charge in [-0.3, -0.25) is 4.79 Å². The van der Waals surface area contributed by atoms with Gasteiger partial charge in [0.2, 0.25) is 0 Å². The summed E-state index contributed by atoms with van der Waals surface area (Å²) in [4.78, 5) is 11.5. The van der Waals surface area contributed by atoms with Crippen LogP contribution in [0.4, 0.5) is 0 Å². The Bertz CT molecular complexity index is 1280. The van der Waals surface area contributed by atoms with Gasteiger partial charge in [-0.1, -0.05) is 113 Å². The first-order chi connectivity index (χ1) is 18.2. The summed E-state index contributed by atoms with van der Waals surface area (Å²) in [6, 6.07) is 22.7. The Morgan fingerprint density at radius 2 is 1.45 bits per heavy atom. The van der Waals surface area contributed by atoms with E-state index in [0.29, 0.717) is 11.8 Å². The fourth-order valence-electron chi connectivity index (χ4n) is 6.59. The van der Waals surface area contributed by atoms with E-state index in [2.05, 4.69) is 107 Å². The summed E-state index contributed by atoms with van der Waals surface area (Å²) >= 11 is 0. The van der Waals surface area contributed by atoms with Crippen LogP contribution in [-0.2, 0) is 16.6 Å². The number of hydrogen-bond donors (Lipinski definition) is 0. The molecule has 0 heterocycles. The molecule has 0 N–H and O–H groups in total. The Morgan fingerprint density at radius 1 is 0.842 bits per heavy atom. The normalized spacial score (nSPS) is 15.6. The lowest BCUT2D eigenvalue weighted by atomic mass is 9.69. The SMILES string of the molecule is CCC(CC)(c1ccc(C=CC2(C)CCCCC2)c(C)c1)c1ccc(-c2ccc(CC(C)=O)cc2)c(C)c1. The fourth-order valence-corrected chi connectivity index (χ4v) is 6.59. The van der Waals surface area contributed by atoms with Crippen molar-refractivity contribution in [2.24, 2.45) is 5.41 Å². The summed E-state index contributed by atoms with van der Waals surface area (Å²) < 4.78 is 0. The van der Waals surface area contributed by atoms with Crippen LogP contribution in [0.2, 0.25) is 0 Å². The van der Waals surface area contributed by atoms with Crippen LogP contribution in [-0.4, -0.2) is 5.78 Å². The lowest BCUT2D eigenvalue weighted by molar-refractivity contribution is -0.116. The van der Waals surface area contributed by atoms with Crippen LogP contribution < -0.4 is 0 Å². The highest BCUT2D eigenvalue weighted by Crippen LogP contribution is 2.42. The fraction of sp³-hybridized carbons (Fsp3) is 0.432. The maximum Gasteiger partial charge on any atom is 0.134 e. The minimum Gasteiger partial charge on any atom is -0.300 e. The number of Topliss-reactive ketones (excluding diaryl/α,β-unsaturated/α-hetero) is 1. The zero-order chi connectivity index (χ0) is 27.3. The first kappa shape index (κ1) is 28.1. The highest BCUT2D eigenvalue weighted by molar-refractivity contribution is 5.78. The van der Waals surface area contributed by atoms with Gasteiger partial charge >= 0.3 is 0 Å². The molecular weight excluding hydrogens is 460 g/mol. The van der Waals surface area contributed by atoms with E-state index < -0.39 is 0 Å². The average Bonchev–Trinajstić information content (AvgIpc) is 2.90. The van der Waals surface area contributed by atoms with E-state index in [9.17, 15) is 4.79 Å². The molecule has 3 aromatic rings. The second-order valence-corrected chi connectivity index (χ2v) is 12.0. The van der Waals surface area contributed by atoms with Crippen molar-refractivity contribution in [2.75, 3.05) is 0 Å². The standard InChI is InChI=1S/C37H46O/c1-7-37(8-2,33-17-16-31(27(3)24-33)20-23-36(6)21-10-9-11-22-36)34-18-19-35(28(4)25-34)32-14-12-30(13-15-32)26-29(5)38/h12-20,23-25H,7-11,21-22,26H2,1-6H3. The second kappa shape index (κ2) is 11.9. The van der Waals surface area contributed by atoms with Gasteiger partial charge in [-0.25, -0.2) is 0 Å². The highest BCUT2D eigenvalue weighted by Gasteiger charge is 2.31. The monoisotopic (exact) mass is 506 g/mol. The molecule has 200 valence electrons. The minimum atomic E-state index is -0.00299. The molecule has 1 heteroatoms. The number of benzene rings is 3. The molecule has 0 amide bonds. The number of aryl methyl sites for hydroxylation is 2. The summed E-state index contributed by atoms with van der Waals surface area (Å²) in [7, 11) is 0. The van der Waals surface area contributed by atoms with E-state index in [-0.39, 0.29) is 11.2 Å². The molecule has 0 saturated heterocycles. The second-order valence-electron chi connectivity index (χ2n) is 12.0. The Balaban J connectivity index is 1.63. The van der Waals surface area contributed by atoms with Gasteiger partial charge in [0, 0.05) is 11.8 Å². The summed E-state index contributed by atoms with van der Waals surface area (Å²) in [5.74, 6) is 0.201. The number of rotatable bonds is 9. The van der Waals surface area contributed by atoms with Gasteiger partial charge in [0.1, 0.15) is 5.78 Å². The van der Waals surface area contributed by atoms with E-state index in [1.54, 1.807) is 6.92 Å². The topological polar surface area (TPSA) is 17.1 Å². The zero-order valence-electron chi connectivity index (χ0n) is 24.5. The molecule has 1 fully saturated rings. The number of hydrogen-bond acceptors (Lipinski definition) is 1. The van der Waals surface area contributed by atoms with Gasteiger partial charge in [-0.05, 0) is 96.4 Å². The Labute approximate surface area is 231 Å². The van der Waals surface area contributed by atoms with Crippen molar-refractivity contribution in [3.63, 3.8) is 0 Å². The minimum absolute atomic E-state index is 0.00299. The third kappa shape index (κ3) is 6.04. The lowest BCUT2D eigenvalue weighted by Gasteiger charge is -2.34. The summed E-state index contributed by atoms with van der Waals surface area (Å²) in [6.45, 7) is 13.2. The molecule has 0 aliphatic heterocycles. The molecular formula is C37H46O. The van der Waals surface area contributed by atoms with Crippen LogP contribution in [0.3, 0.4) is 0 Å². The van der Waals surface area contributed by atoms with Crippen LogP contribution in [0, 0.1) is 19.3 Å². The Kier molecular flexibility index (Phi) is 8.76. The average molecular weight is 507 g/mol. The highest BCUT2D eigenvalue weighted by atomic mass is 16.1. The predicted octanol–water partition coefficient (Wildman–Crippen LogP) is 10.2. The number of allylic oxidation sites excluding steroid dienone is 1. The zero-order valence-corrected chi connectivity index (χ0v) is 24.5. The molecule has 0 bridgehead atoms. The molecule has 0 radical (unpaired) electrons. The van der Waals surface area contributed by atoms with Gasteiger partial charge < -0.3 is 0 Å². The Morgan fingerprint density at radius 3 is 2.00 bits per heavy atom. The van der Waals surface area contributed by atoms with E-state index in [0.717, 1.165) is 18.4 Å². The first-order valence-corrected chi connectivity index (χ1v) is 14.7. The van der Waals surface area contributed by atoms with Crippen molar-refractivity contribution < 1.29 is 4.79 Å². The lowest BCUT2D eigenvalue weighted by Crippen LogP contribution is -2.26. The van der Waals surface area contributed by atoms with Crippen molar-refractivity contribution in [1.29, 1.82) is 0 Å². The van der Waals surface area contributed by atoms with Crippen molar-refractivity contribution in [1.82, 2.24) is 0 Å². The third-order valence-electron chi connectivity index (χ3n) is 9.19. The molecule has 0 spiro atoms. The van der Waals surface area contributed by atoms with E-state index in [4.69, 9.17) is 0 Å². The van der Waals surface area contributed by atoms with Gasteiger partial charge in [0.15, 0.2) is 0 Å². The van der Waals surface area contributed by atoms with Gasteiger partial charge in [-0.15, -0.1) is 0 Å². The molecule has 0 aromatic heterocycles. The quantitative estimate of drug-likeness (QED) is 0.282. The van der Waals surface area contributed by atoms with Gasteiger partial charge in [0.25, 0.3) is 0 Å². The van der Waals surface area contributed by atoms with Gasteiger partial charge in [0.05, 0.1) is 0 Å². The van der Waals surface area contributed by atoms with Crippen LogP contribution >= 0.6 is 0 Å². The summed E-state index contributed by atoms with van der Waals surface area (Å²) in [5.41, 5.74) is 10.7. The van der Waals surface area contributed by atoms with Crippen molar-refractivity contribution in [2.45, 2.75) is 98.3 Å². The number of carbonyl (C=O) groups is 1. The molecule has 4 rings (SSSR count). The van der Waals surface area contributed by atoms with E-state index in [1.807, 2.05) is 0 Å².